The van der Waals surface area contributed by atoms with Crippen molar-refractivity contribution in [3.05, 3.63) is 64.1 Å². The molecule has 1 fully saturated rings. The third-order valence-corrected chi connectivity index (χ3v) is 5.95. The molecule has 2 heterocycles. The van der Waals surface area contributed by atoms with Gasteiger partial charge in [-0.25, -0.2) is 9.18 Å². The molecule has 1 saturated heterocycles. The Labute approximate surface area is 198 Å². The highest BCUT2D eigenvalue weighted by Crippen LogP contribution is 2.30. The number of piperidine rings is 1. The number of fused-ring (bicyclic) bond motifs is 1. The molecule has 1 aliphatic rings. The van der Waals surface area contributed by atoms with Crippen molar-refractivity contribution in [1.82, 2.24) is 19.8 Å². The zero-order valence-corrected chi connectivity index (χ0v) is 19.2. The standard InChI is InChI=1S/C24H26F4N4O3/c1-23(2,35)13-31-10-9-18(17(25)12-31)29-21(33)14-3-8-19-20(11-14)32(22(34)30-19)16-6-4-15(5-7-16)24(26,27)28/h3-8,11,17-18,35H,9-10,12-13H2,1-2H3,(H,29,33)(H,30,34)/t17-,18+/m1/s1. The van der Waals surface area contributed by atoms with Crippen molar-refractivity contribution >= 4 is 16.9 Å². The summed E-state index contributed by atoms with van der Waals surface area (Å²) in [5.74, 6) is -0.525. The molecule has 0 bridgehead atoms. The van der Waals surface area contributed by atoms with Crippen molar-refractivity contribution in [2.75, 3.05) is 19.6 Å². The number of alkyl halides is 4. The summed E-state index contributed by atoms with van der Waals surface area (Å²) in [6.07, 6.45) is -5.46. The van der Waals surface area contributed by atoms with Gasteiger partial charge in [-0.3, -0.25) is 14.3 Å². The smallest absolute Gasteiger partial charge is 0.389 e. The Kier molecular flexibility index (Phi) is 6.50. The molecule has 7 nitrogen and oxygen atoms in total. The predicted molar refractivity (Wildman–Crippen MR) is 122 cm³/mol. The fourth-order valence-electron chi connectivity index (χ4n) is 4.37. The Morgan fingerprint density at radius 2 is 1.86 bits per heavy atom. The maximum absolute atomic E-state index is 14.7. The average molecular weight is 494 g/mol. The summed E-state index contributed by atoms with van der Waals surface area (Å²) >= 11 is 0. The minimum absolute atomic E-state index is 0.0826. The van der Waals surface area contributed by atoms with Crippen molar-refractivity contribution < 1.29 is 27.5 Å². The number of nitrogens with one attached hydrogen (secondary N) is 2. The Morgan fingerprint density at radius 1 is 1.17 bits per heavy atom. The van der Waals surface area contributed by atoms with E-state index in [1.165, 1.54) is 34.9 Å². The Morgan fingerprint density at radius 3 is 2.46 bits per heavy atom. The maximum Gasteiger partial charge on any atom is 0.416 e. The molecule has 1 aliphatic heterocycles. The van der Waals surface area contributed by atoms with Gasteiger partial charge in [-0.2, -0.15) is 13.2 Å². The molecule has 0 saturated carbocycles. The van der Waals surface area contributed by atoms with Gasteiger partial charge in [-0.1, -0.05) is 0 Å². The second-order valence-corrected chi connectivity index (χ2v) is 9.47. The summed E-state index contributed by atoms with van der Waals surface area (Å²) < 4.78 is 54.6. The lowest BCUT2D eigenvalue weighted by atomic mass is 10.00. The van der Waals surface area contributed by atoms with E-state index in [-0.39, 0.29) is 17.8 Å². The van der Waals surface area contributed by atoms with Crippen LogP contribution in [0.1, 0.15) is 36.2 Å². The van der Waals surface area contributed by atoms with Gasteiger partial charge in [0.25, 0.3) is 5.91 Å². The number of benzene rings is 2. The van der Waals surface area contributed by atoms with Gasteiger partial charge in [0.15, 0.2) is 0 Å². The molecule has 1 aromatic heterocycles. The number of carbonyl (C=O) groups excluding carboxylic acids is 1. The van der Waals surface area contributed by atoms with E-state index < -0.39 is 41.2 Å². The number of likely N-dealkylation sites (tertiary alicyclic amines) is 1. The summed E-state index contributed by atoms with van der Waals surface area (Å²) in [6, 6.07) is 7.85. The number of aromatic amines is 1. The fourth-order valence-corrected chi connectivity index (χ4v) is 4.37. The summed E-state index contributed by atoms with van der Waals surface area (Å²) in [6.45, 7) is 4.21. The van der Waals surface area contributed by atoms with Crippen LogP contribution in [0.3, 0.4) is 0 Å². The van der Waals surface area contributed by atoms with Crippen molar-refractivity contribution in [2.24, 2.45) is 0 Å². The molecule has 2 atom stereocenters. The van der Waals surface area contributed by atoms with E-state index in [0.29, 0.717) is 30.5 Å². The van der Waals surface area contributed by atoms with Crippen LogP contribution in [0.5, 0.6) is 0 Å². The van der Waals surface area contributed by atoms with Gasteiger partial charge in [0, 0.05) is 25.2 Å². The zero-order valence-electron chi connectivity index (χ0n) is 19.2. The first-order valence-corrected chi connectivity index (χ1v) is 11.1. The van der Waals surface area contributed by atoms with Gasteiger partial charge < -0.3 is 15.4 Å². The summed E-state index contributed by atoms with van der Waals surface area (Å²) in [4.78, 5) is 29.8. The van der Waals surface area contributed by atoms with Crippen LogP contribution in [0.4, 0.5) is 17.6 Å². The van der Waals surface area contributed by atoms with Crippen molar-refractivity contribution in [2.45, 2.75) is 44.3 Å². The lowest BCUT2D eigenvalue weighted by molar-refractivity contribution is -0.137. The van der Waals surface area contributed by atoms with Crippen LogP contribution >= 0.6 is 0 Å². The molecule has 1 amide bonds. The highest BCUT2D eigenvalue weighted by Gasteiger charge is 2.33. The van der Waals surface area contributed by atoms with Crippen LogP contribution in [-0.2, 0) is 6.18 Å². The molecule has 35 heavy (non-hydrogen) atoms. The van der Waals surface area contributed by atoms with E-state index in [0.717, 1.165) is 12.1 Å². The number of aliphatic hydroxyl groups is 1. The lowest BCUT2D eigenvalue weighted by Crippen LogP contribution is -2.54. The average Bonchev–Trinajstić information content (AvgIpc) is 3.08. The van der Waals surface area contributed by atoms with E-state index in [9.17, 15) is 32.3 Å². The highest BCUT2D eigenvalue weighted by molar-refractivity contribution is 5.97. The fraction of sp³-hybridized carbons (Fsp3) is 0.417. The molecule has 0 aliphatic carbocycles. The number of aromatic nitrogens is 2. The van der Waals surface area contributed by atoms with Gasteiger partial charge in [0.05, 0.1) is 33.9 Å². The Balaban J connectivity index is 1.54. The van der Waals surface area contributed by atoms with E-state index in [1.807, 2.05) is 4.90 Å². The number of imidazole rings is 1. The van der Waals surface area contributed by atoms with Crippen LogP contribution in [-0.4, -0.2) is 62.9 Å². The van der Waals surface area contributed by atoms with E-state index in [1.54, 1.807) is 13.8 Å². The first-order valence-electron chi connectivity index (χ1n) is 11.1. The van der Waals surface area contributed by atoms with Gasteiger partial charge >= 0.3 is 11.9 Å². The highest BCUT2D eigenvalue weighted by atomic mass is 19.4. The second-order valence-electron chi connectivity index (χ2n) is 9.47. The molecule has 0 unspecified atom stereocenters. The lowest BCUT2D eigenvalue weighted by Gasteiger charge is -2.37. The number of hydrogen-bond donors (Lipinski definition) is 3. The molecule has 0 radical (unpaired) electrons. The zero-order chi connectivity index (χ0) is 25.5. The van der Waals surface area contributed by atoms with E-state index >= 15 is 0 Å². The van der Waals surface area contributed by atoms with Crippen LogP contribution in [0.25, 0.3) is 16.7 Å². The molecular weight excluding hydrogens is 468 g/mol. The number of H-pyrrole nitrogens is 1. The minimum Gasteiger partial charge on any atom is -0.389 e. The second kappa shape index (κ2) is 9.12. The van der Waals surface area contributed by atoms with Gasteiger partial charge in [-0.05, 0) is 62.7 Å². The van der Waals surface area contributed by atoms with Crippen molar-refractivity contribution in [3.63, 3.8) is 0 Å². The molecule has 2 aromatic carbocycles. The van der Waals surface area contributed by atoms with Gasteiger partial charge in [-0.15, -0.1) is 0 Å². The van der Waals surface area contributed by atoms with Crippen LogP contribution in [0.2, 0.25) is 0 Å². The first-order chi connectivity index (χ1) is 16.3. The Bertz CT molecular complexity index is 1280. The number of halogens is 4. The molecule has 3 aromatic rings. The first kappa shape index (κ1) is 24.9. The number of hydrogen-bond acceptors (Lipinski definition) is 4. The molecule has 188 valence electrons. The predicted octanol–water partition coefficient (Wildman–Crippen LogP) is 3.25. The molecule has 11 heteroatoms. The quantitative estimate of drug-likeness (QED) is 0.475. The Hall–Kier alpha value is -3.18. The van der Waals surface area contributed by atoms with Crippen LogP contribution < -0.4 is 11.0 Å². The maximum atomic E-state index is 14.7. The largest absolute Gasteiger partial charge is 0.416 e. The molecule has 3 N–H and O–H groups in total. The van der Waals surface area contributed by atoms with Crippen molar-refractivity contribution in [1.29, 1.82) is 0 Å². The minimum atomic E-state index is -4.51. The normalized spacial score (nSPS) is 19.7. The number of carbonyl (C=O) groups is 1. The van der Waals surface area contributed by atoms with Gasteiger partial charge in [0.2, 0.25) is 0 Å². The molecular formula is C24H26F4N4O3. The topological polar surface area (TPSA) is 90.4 Å². The number of rotatable bonds is 5. The number of nitrogens with zero attached hydrogens (tertiary/aromatic N) is 2. The summed E-state index contributed by atoms with van der Waals surface area (Å²) in [7, 11) is 0. The van der Waals surface area contributed by atoms with E-state index in [2.05, 4.69) is 10.3 Å². The number of β-amino-alcohol motifs (C(OH)–C–C–N with tert-alkyl or cyclic N) is 1. The van der Waals surface area contributed by atoms with Crippen molar-refractivity contribution in [3.8, 4) is 5.69 Å². The summed E-state index contributed by atoms with van der Waals surface area (Å²) in [5.41, 5.74) is -1.28. The third kappa shape index (κ3) is 5.57. The van der Waals surface area contributed by atoms with Gasteiger partial charge in [0.1, 0.15) is 6.17 Å². The van der Waals surface area contributed by atoms with Crippen LogP contribution in [0.15, 0.2) is 47.3 Å². The summed E-state index contributed by atoms with van der Waals surface area (Å²) in [5, 5.41) is 12.6. The molecule has 4 rings (SSSR count). The monoisotopic (exact) mass is 494 g/mol. The molecule has 0 spiro atoms. The van der Waals surface area contributed by atoms with Crippen LogP contribution in [0, 0.1) is 0 Å². The van der Waals surface area contributed by atoms with E-state index in [4.69, 9.17) is 0 Å². The number of amides is 1. The third-order valence-electron chi connectivity index (χ3n) is 5.95. The SMILES string of the molecule is CC(C)(O)CN1CC[C@H](NC(=O)c2ccc3[nH]c(=O)n(-c4ccc(C(F)(F)F)cc4)c3c2)[C@H](F)C1.